The average Bonchev–Trinajstić information content (AvgIpc) is 3.13. The predicted molar refractivity (Wildman–Crippen MR) is 101 cm³/mol. The molecule has 2 aliphatic heterocycles. The molecule has 2 fully saturated rings. The number of nitrogens with zero attached hydrogens (tertiary/aromatic N) is 2. The summed E-state index contributed by atoms with van der Waals surface area (Å²) in [7, 11) is -3.09. The van der Waals surface area contributed by atoms with Crippen molar-refractivity contribution >= 4 is 27.3 Å². The second-order valence-corrected chi connectivity index (χ2v) is 10.6. The number of hydrogen-bond acceptors (Lipinski definition) is 5. The molecule has 2 aliphatic rings. The molecule has 1 aromatic heterocycles. The minimum absolute atomic E-state index is 0.141. The van der Waals surface area contributed by atoms with Crippen molar-refractivity contribution in [3.05, 3.63) is 21.9 Å². The highest BCUT2D eigenvalue weighted by molar-refractivity contribution is 7.88. The number of carboxylic acid groups (broad SMARTS) is 1. The Morgan fingerprint density at radius 2 is 1.82 bits per heavy atom. The Balaban J connectivity index is 0.000000345. The SMILES string of the molecule is Cc1ccc(CN2CCCC3(CCCN3S(C)(=O)=O)C2)s1.O=C(O)C(F)(F)F. The molecule has 0 radical (unpaired) electrons. The highest BCUT2D eigenvalue weighted by Crippen LogP contribution is 2.39. The molecule has 1 N–H and O–H groups in total. The Bertz CT molecular complexity index is 795. The van der Waals surface area contributed by atoms with E-state index in [1.807, 2.05) is 11.3 Å². The molecule has 0 aliphatic carbocycles. The first-order valence-electron chi connectivity index (χ1n) is 8.89. The zero-order valence-corrected chi connectivity index (χ0v) is 17.5. The number of likely N-dealkylation sites (tertiary alicyclic amines) is 1. The number of aryl methyl sites for hydroxylation is 1. The number of sulfonamides is 1. The molecule has 0 amide bonds. The van der Waals surface area contributed by atoms with Crippen molar-refractivity contribution in [3.8, 4) is 0 Å². The quantitative estimate of drug-likeness (QED) is 0.779. The smallest absolute Gasteiger partial charge is 0.475 e. The summed E-state index contributed by atoms with van der Waals surface area (Å²) >= 11 is 1.85. The van der Waals surface area contributed by atoms with E-state index in [4.69, 9.17) is 9.90 Å². The van der Waals surface area contributed by atoms with Crippen LogP contribution in [-0.2, 0) is 21.4 Å². The monoisotopic (exact) mass is 442 g/mol. The maximum absolute atomic E-state index is 12.1. The van der Waals surface area contributed by atoms with Gasteiger partial charge in [-0.1, -0.05) is 0 Å². The number of piperidine rings is 1. The topological polar surface area (TPSA) is 77.9 Å². The van der Waals surface area contributed by atoms with Gasteiger partial charge >= 0.3 is 12.1 Å². The fourth-order valence-corrected chi connectivity index (χ4v) is 6.31. The zero-order valence-electron chi connectivity index (χ0n) is 15.8. The lowest BCUT2D eigenvalue weighted by Gasteiger charge is -2.44. The minimum Gasteiger partial charge on any atom is -0.475 e. The lowest BCUT2D eigenvalue weighted by Crippen LogP contribution is -2.56. The molecule has 11 heteroatoms. The molecule has 0 saturated carbocycles. The molecule has 6 nitrogen and oxygen atoms in total. The number of thiophene rings is 1. The van der Waals surface area contributed by atoms with Crippen molar-refractivity contribution in [1.29, 1.82) is 0 Å². The van der Waals surface area contributed by atoms with Crippen LogP contribution in [0.2, 0.25) is 0 Å². The number of carbonyl (C=O) groups is 1. The number of alkyl halides is 3. The van der Waals surface area contributed by atoms with Gasteiger partial charge in [0.05, 0.1) is 6.26 Å². The van der Waals surface area contributed by atoms with Gasteiger partial charge in [0.15, 0.2) is 0 Å². The second-order valence-electron chi connectivity index (χ2n) is 7.29. The zero-order chi connectivity index (χ0) is 21.2. The number of hydrogen-bond donors (Lipinski definition) is 1. The van der Waals surface area contributed by atoms with Gasteiger partial charge in [0, 0.05) is 34.9 Å². The van der Waals surface area contributed by atoms with Crippen molar-refractivity contribution in [2.75, 3.05) is 25.9 Å². The average molecular weight is 443 g/mol. The third-order valence-corrected chi connectivity index (χ3v) is 7.34. The van der Waals surface area contributed by atoms with Gasteiger partial charge in [0.1, 0.15) is 0 Å². The molecule has 1 unspecified atom stereocenters. The van der Waals surface area contributed by atoms with E-state index >= 15 is 0 Å². The van der Waals surface area contributed by atoms with Crippen molar-refractivity contribution in [2.24, 2.45) is 0 Å². The minimum atomic E-state index is -5.08. The van der Waals surface area contributed by atoms with Crippen LogP contribution in [0.25, 0.3) is 0 Å². The molecule has 3 rings (SSSR count). The van der Waals surface area contributed by atoms with Crippen LogP contribution in [0.3, 0.4) is 0 Å². The van der Waals surface area contributed by atoms with Gasteiger partial charge in [-0.05, 0) is 51.3 Å². The Labute approximate surface area is 167 Å². The summed E-state index contributed by atoms with van der Waals surface area (Å²) < 4.78 is 57.7. The van der Waals surface area contributed by atoms with E-state index in [2.05, 4.69) is 24.0 Å². The Morgan fingerprint density at radius 1 is 1.25 bits per heavy atom. The molecule has 0 aromatic carbocycles. The summed E-state index contributed by atoms with van der Waals surface area (Å²) in [5, 5.41) is 7.12. The van der Waals surface area contributed by atoms with Crippen molar-refractivity contribution in [3.63, 3.8) is 0 Å². The first-order chi connectivity index (χ1) is 12.8. The lowest BCUT2D eigenvalue weighted by atomic mass is 9.87. The molecule has 160 valence electrons. The number of carboxylic acids is 1. The van der Waals surface area contributed by atoms with Crippen LogP contribution in [0.5, 0.6) is 0 Å². The molecule has 1 spiro atoms. The van der Waals surface area contributed by atoms with E-state index in [9.17, 15) is 21.6 Å². The Kier molecular flexibility index (Phi) is 7.17. The third kappa shape index (κ3) is 5.91. The first kappa shape index (κ1) is 23.1. The van der Waals surface area contributed by atoms with Gasteiger partial charge in [-0.25, -0.2) is 13.2 Å². The summed E-state index contributed by atoms with van der Waals surface area (Å²) in [4.78, 5) is 14.1. The molecular formula is C17H25F3N2O4S2. The van der Waals surface area contributed by atoms with Crippen LogP contribution in [0.15, 0.2) is 12.1 Å². The number of rotatable bonds is 3. The molecule has 3 heterocycles. The summed E-state index contributed by atoms with van der Waals surface area (Å²) in [6.07, 6.45) is 0.400. The van der Waals surface area contributed by atoms with Gasteiger partial charge in [-0.3, -0.25) is 4.90 Å². The van der Waals surface area contributed by atoms with Crippen LogP contribution < -0.4 is 0 Å². The fourth-order valence-electron chi connectivity index (χ4n) is 3.97. The maximum Gasteiger partial charge on any atom is 0.490 e. The second kappa shape index (κ2) is 8.68. The van der Waals surface area contributed by atoms with Crippen LogP contribution in [0.1, 0.15) is 35.4 Å². The number of halogens is 3. The van der Waals surface area contributed by atoms with Crippen LogP contribution in [0, 0.1) is 6.92 Å². The number of aliphatic carboxylic acids is 1. The Morgan fingerprint density at radius 3 is 2.29 bits per heavy atom. The summed E-state index contributed by atoms with van der Waals surface area (Å²) in [5.74, 6) is -2.76. The molecular weight excluding hydrogens is 417 g/mol. The lowest BCUT2D eigenvalue weighted by molar-refractivity contribution is -0.192. The van der Waals surface area contributed by atoms with Crippen molar-refractivity contribution in [1.82, 2.24) is 9.21 Å². The van der Waals surface area contributed by atoms with Gasteiger partial charge in [-0.2, -0.15) is 17.5 Å². The van der Waals surface area contributed by atoms with E-state index in [1.165, 1.54) is 16.0 Å². The van der Waals surface area contributed by atoms with Gasteiger partial charge in [0.25, 0.3) is 0 Å². The van der Waals surface area contributed by atoms with Crippen molar-refractivity contribution in [2.45, 2.75) is 50.9 Å². The standard InChI is InChI=1S/C15H24N2O2S2.C2HF3O2/c1-13-5-6-14(20-13)11-16-9-3-7-15(12-16)8-4-10-17(15)21(2,18)19;3-2(4,5)1(6)7/h5-6H,3-4,7-12H2,1-2H3;(H,6,7). The van der Waals surface area contributed by atoms with Crippen LogP contribution in [-0.4, -0.2) is 66.3 Å². The van der Waals surface area contributed by atoms with Crippen LogP contribution >= 0.6 is 11.3 Å². The van der Waals surface area contributed by atoms with E-state index < -0.39 is 22.2 Å². The third-order valence-electron chi connectivity index (χ3n) is 4.99. The van der Waals surface area contributed by atoms with Gasteiger partial charge in [-0.15, -0.1) is 11.3 Å². The summed E-state index contributed by atoms with van der Waals surface area (Å²) in [6, 6.07) is 4.36. The van der Waals surface area contributed by atoms with Gasteiger partial charge < -0.3 is 5.11 Å². The fraction of sp³-hybridized carbons (Fsp3) is 0.706. The Hall–Kier alpha value is -1.17. The maximum atomic E-state index is 12.1. The highest BCUT2D eigenvalue weighted by Gasteiger charge is 2.47. The predicted octanol–water partition coefficient (Wildman–Crippen LogP) is 3.08. The molecule has 28 heavy (non-hydrogen) atoms. The molecule has 1 aromatic rings. The summed E-state index contributed by atoms with van der Waals surface area (Å²) in [5.41, 5.74) is -0.141. The van der Waals surface area contributed by atoms with Crippen LogP contribution in [0.4, 0.5) is 13.2 Å². The van der Waals surface area contributed by atoms with E-state index in [1.54, 1.807) is 4.31 Å². The van der Waals surface area contributed by atoms with E-state index in [-0.39, 0.29) is 5.54 Å². The molecule has 2 saturated heterocycles. The van der Waals surface area contributed by atoms with E-state index in [0.29, 0.717) is 6.54 Å². The van der Waals surface area contributed by atoms with E-state index in [0.717, 1.165) is 45.3 Å². The molecule has 0 bridgehead atoms. The first-order valence-corrected chi connectivity index (χ1v) is 11.6. The highest BCUT2D eigenvalue weighted by atomic mass is 32.2. The molecule has 1 atom stereocenters. The van der Waals surface area contributed by atoms with Crippen molar-refractivity contribution < 1.29 is 31.5 Å². The normalized spacial score (nSPS) is 24.2. The largest absolute Gasteiger partial charge is 0.490 e. The van der Waals surface area contributed by atoms with Gasteiger partial charge in [0.2, 0.25) is 10.0 Å². The summed E-state index contributed by atoms with van der Waals surface area (Å²) in [6.45, 7) is 5.75.